The van der Waals surface area contributed by atoms with E-state index in [1.165, 1.54) is 12.1 Å². The highest BCUT2D eigenvalue weighted by Crippen LogP contribution is 2.33. The van der Waals surface area contributed by atoms with Crippen molar-refractivity contribution in [3.05, 3.63) is 22.2 Å². The second kappa shape index (κ2) is 6.97. The summed E-state index contributed by atoms with van der Waals surface area (Å²) < 4.78 is 11.1. The summed E-state index contributed by atoms with van der Waals surface area (Å²) in [6.07, 6.45) is -0.0730. The van der Waals surface area contributed by atoms with Crippen molar-refractivity contribution in [3.8, 4) is 5.75 Å². The number of aliphatic hydroxyl groups is 1. The predicted molar refractivity (Wildman–Crippen MR) is 91.3 cm³/mol. The Balaban J connectivity index is 3.03. The molecule has 1 aromatic rings. The first-order valence-corrected chi connectivity index (χ1v) is 7.84. The average molecular weight is 349 g/mol. The monoisotopic (exact) mass is 348 g/mol. The van der Waals surface area contributed by atoms with Crippen LogP contribution in [0.1, 0.15) is 41.5 Å². The molecule has 4 nitrogen and oxygen atoms in total. The number of halogens is 2. The van der Waals surface area contributed by atoms with Gasteiger partial charge in [0, 0.05) is 0 Å². The fourth-order valence-electron chi connectivity index (χ4n) is 1.56. The Morgan fingerprint density at radius 2 is 1.55 bits per heavy atom. The molecule has 0 heterocycles. The van der Waals surface area contributed by atoms with Crippen LogP contribution in [0.5, 0.6) is 5.75 Å². The minimum Gasteiger partial charge on any atom is -0.488 e. The molecule has 22 heavy (non-hydrogen) atoms. The van der Waals surface area contributed by atoms with E-state index in [9.17, 15) is 10.1 Å². The standard InChI is InChI=1S/C15H23BCl2O4/c1-9(2)21-13-11(17)7-10(8-12(13)18)16(20)22-15(5,6)14(3,4)19/h7-9,19-20H,1-6H3. The van der Waals surface area contributed by atoms with Crippen LogP contribution in [0.3, 0.4) is 0 Å². The molecule has 0 bridgehead atoms. The highest BCUT2D eigenvalue weighted by Gasteiger charge is 2.39. The molecule has 2 N–H and O–H groups in total. The summed E-state index contributed by atoms with van der Waals surface area (Å²) in [4.78, 5) is 0. The highest BCUT2D eigenvalue weighted by molar-refractivity contribution is 6.61. The van der Waals surface area contributed by atoms with Gasteiger partial charge in [-0.3, -0.25) is 0 Å². The third-order valence-electron chi connectivity index (χ3n) is 3.54. The van der Waals surface area contributed by atoms with Gasteiger partial charge in [-0.25, -0.2) is 0 Å². The van der Waals surface area contributed by atoms with E-state index in [2.05, 4.69) is 0 Å². The third-order valence-corrected chi connectivity index (χ3v) is 4.10. The van der Waals surface area contributed by atoms with E-state index in [1.807, 2.05) is 13.8 Å². The van der Waals surface area contributed by atoms with Crippen LogP contribution < -0.4 is 10.2 Å². The van der Waals surface area contributed by atoms with Crippen molar-refractivity contribution in [3.63, 3.8) is 0 Å². The van der Waals surface area contributed by atoms with Gasteiger partial charge < -0.3 is 19.5 Å². The van der Waals surface area contributed by atoms with Crippen molar-refractivity contribution in [2.75, 3.05) is 0 Å². The van der Waals surface area contributed by atoms with Gasteiger partial charge in [-0.05, 0) is 59.1 Å². The molecular weight excluding hydrogens is 326 g/mol. The summed E-state index contributed by atoms with van der Waals surface area (Å²) >= 11 is 12.3. The van der Waals surface area contributed by atoms with Crippen molar-refractivity contribution in [1.82, 2.24) is 0 Å². The van der Waals surface area contributed by atoms with Gasteiger partial charge in [-0.15, -0.1) is 0 Å². The van der Waals surface area contributed by atoms with Crippen molar-refractivity contribution < 1.29 is 19.5 Å². The minimum absolute atomic E-state index is 0.0730. The number of ether oxygens (including phenoxy) is 1. The van der Waals surface area contributed by atoms with Crippen LogP contribution in [-0.4, -0.2) is 34.6 Å². The normalized spacial score (nSPS) is 12.7. The number of benzene rings is 1. The molecule has 0 aliphatic heterocycles. The Morgan fingerprint density at radius 3 is 1.91 bits per heavy atom. The maximum Gasteiger partial charge on any atom is 0.491 e. The molecule has 0 spiro atoms. The fourth-order valence-corrected chi connectivity index (χ4v) is 2.15. The lowest BCUT2D eigenvalue weighted by Crippen LogP contribution is -2.53. The van der Waals surface area contributed by atoms with E-state index in [0.717, 1.165) is 0 Å². The smallest absolute Gasteiger partial charge is 0.488 e. The molecule has 1 rings (SSSR count). The van der Waals surface area contributed by atoms with E-state index in [-0.39, 0.29) is 6.10 Å². The Morgan fingerprint density at radius 1 is 1.09 bits per heavy atom. The summed E-state index contributed by atoms with van der Waals surface area (Å²) in [5, 5.41) is 20.9. The molecule has 0 fully saturated rings. The lowest BCUT2D eigenvalue weighted by Gasteiger charge is -2.38. The van der Waals surface area contributed by atoms with Gasteiger partial charge in [-0.1, -0.05) is 23.2 Å². The first-order valence-electron chi connectivity index (χ1n) is 7.09. The quantitative estimate of drug-likeness (QED) is 0.776. The van der Waals surface area contributed by atoms with Gasteiger partial charge >= 0.3 is 7.12 Å². The lowest BCUT2D eigenvalue weighted by molar-refractivity contribution is -0.0982. The zero-order valence-corrected chi connectivity index (χ0v) is 15.3. The fraction of sp³-hybridized carbons (Fsp3) is 0.600. The Labute approximate surface area is 142 Å². The molecule has 7 heteroatoms. The van der Waals surface area contributed by atoms with E-state index >= 15 is 0 Å². The average Bonchev–Trinajstić information content (AvgIpc) is 2.31. The van der Waals surface area contributed by atoms with Crippen molar-refractivity contribution in [2.24, 2.45) is 0 Å². The molecule has 0 unspecified atom stereocenters. The van der Waals surface area contributed by atoms with Gasteiger partial charge in [0.05, 0.1) is 27.4 Å². The van der Waals surface area contributed by atoms with Crippen LogP contribution in [0.15, 0.2) is 12.1 Å². The van der Waals surface area contributed by atoms with Crippen LogP contribution in [-0.2, 0) is 4.65 Å². The molecule has 0 amide bonds. The van der Waals surface area contributed by atoms with Gasteiger partial charge in [0.15, 0.2) is 5.75 Å². The molecule has 0 aliphatic rings. The van der Waals surface area contributed by atoms with Crippen LogP contribution in [0.4, 0.5) is 0 Å². The molecule has 1 aromatic carbocycles. The molecule has 0 atom stereocenters. The predicted octanol–water partition coefficient (Wildman–Crippen LogP) is 3.03. The largest absolute Gasteiger partial charge is 0.491 e. The second-order valence-electron chi connectivity index (χ2n) is 6.52. The maximum atomic E-state index is 10.2. The van der Waals surface area contributed by atoms with E-state index in [4.69, 9.17) is 32.6 Å². The molecule has 0 radical (unpaired) electrons. The van der Waals surface area contributed by atoms with Crippen molar-refractivity contribution in [2.45, 2.75) is 58.8 Å². The summed E-state index contributed by atoms with van der Waals surface area (Å²) in [5.41, 5.74) is -1.72. The van der Waals surface area contributed by atoms with E-state index in [0.29, 0.717) is 21.3 Å². The van der Waals surface area contributed by atoms with E-state index in [1.54, 1.807) is 27.7 Å². The molecular formula is C15H23BCl2O4. The van der Waals surface area contributed by atoms with Gasteiger partial charge in [0.25, 0.3) is 0 Å². The zero-order chi connectivity index (χ0) is 17.3. The van der Waals surface area contributed by atoms with Crippen LogP contribution in [0, 0.1) is 0 Å². The molecule has 124 valence electrons. The Bertz CT molecular complexity index is 504. The maximum absolute atomic E-state index is 10.2. The van der Waals surface area contributed by atoms with Crippen molar-refractivity contribution in [1.29, 1.82) is 0 Å². The Kier molecular flexibility index (Phi) is 6.21. The second-order valence-corrected chi connectivity index (χ2v) is 7.33. The van der Waals surface area contributed by atoms with Gasteiger partial charge in [0.1, 0.15) is 0 Å². The van der Waals surface area contributed by atoms with Crippen LogP contribution in [0.2, 0.25) is 10.0 Å². The first-order chi connectivity index (χ1) is 9.85. The van der Waals surface area contributed by atoms with E-state index < -0.39 is 18.3 Å². The summed E-state index contributed by atoms with van der Waals surface area (Å²) in [6, 6.07) is 3.08. The van der Waals surface area contributed by atoms with Crippen molar-refractivity contribution >= 4 is 35.8 Å². The minimum atomic E-state index is -1.27. The number of hydrogen-bond acceptors (Lipinski definition) is 4. The molecule has 0 aliphatic carbocycles. The highest BCUT2D eigenvalue weighted by atomic mass is 35.5. The van der Waals surface area contributed by atoms with Gasteiger partial charge in [0.2, 0.25) is 0 Å². The Hall–Kier alpha value is -0.455. The third kappa shape index (κ3) is 4.77. The zero-order valence-electron chi connectivity index (χ0n) is 13.8. The molecule has 0 aromatic heterocycles. The first kappa shape index (κ1) is 19.6. The lowest BCUT2D eigenvalue weighted by atomic mass is 9.76. The van der Waals surface area contributed by atoms with Gasteiger partial charge in [-0.2, -0.15) is 0 Å². The molecule has 0 saturated carbocycles. The summed E-state index contributed by atoms with van der Waals surface area (Å²) in [7, 11) is -1.27. The molecule has 0 saturated heterocycles. The summed E-state index contributed by atoms with van der Waals surface area (Å²) in [6.45, 7) is 10.3. The van der Waals surface area contributed by atoms with Crippen LogP contribution >= 0.6 is 23.2 Å². The number of hydrogen-bond donors (Lipinski definition) is 2. The SMILES string of the molecule is CC(C)Oc1c(Cl)cc(B(O)OC(C)(C)C(C)(C)O)cc1Cl. The van der Waals surface area contributed by atoms with Crippen LogP contribution in [0.25, 0.3) is 0 Å². The number of rotatable bonds is 6. The summed E-state index contributed by atoms with van der Waals surface area (Å²) in [5.74, 6) is 0.371. The topological polar surface area (TPSA) is 58.9 Å².